The first kappa shape index (κ1) is 11.2. The Bertz CT molecular complexity index is 642. The standard InChI is InChI=1S/C14H13N3S/c15-9-10-4-3-5-11(8-10)16-14-17-12-6-1-2-7-13(12)18-14/h1-8H,9,15H2,(H,16,17). The fourth-order valence-corrected chi connectivity index (χ4v) is 2.71. The summed E-state index contributed by atoms with van der Waals surface area (Å²) >= 11 is 1.65. The minimum absolute atomic E-state index is 0.551. The highest BCUT2D eigenvalue weighted by atomic mass is 32.1. The third-order valence-corrected chi connectivity index (χ3v) is 3.66. The Morgan fingerprint density at radius 3 is 2.83 bits per heavy atom. The highest BCUT2D eigenvalue weighted by Crippen LogP contribution is 2.28. The zero-order valence-corrected chi connectivity index (χ0v) is 10.6. The molecule has 3 rings (SSSR count). The van der Waals surface area contributed by atoms with E-state index in [2.05, 4.69) is 16.4 Å². The van der Waals surface area contributed by atoms with Crippen molar-refractivity contribution in [3.8, 4) is 0 Å². The quantitative estimate of drug-likeness (QED) is 0.753. The molecular weight excluding hydrogens is 242 g/mol. The fraction of sp³-hybridized carbons (Fsp3) is 0.0714. The number of para-hydroxylation sites is 1. The van der Waals surface area contributed by atoms with Gasteiger partial charge in [0.05, 0.1) is 10.2 Å². The van der Waals surface area contributed by atoms with Crippen LogP contribution in [-0.4, -0.2) is 4.98 Å². The summed E-state index contributed by atoms with van der Waals surface area (Å²) in [6, 6.07) is 16.2. The lowest BCUT2D eigenvalue weighted by molar-refractivity contribution is 1.07. The maximum absolute atomic E-state index is 5.63. The van der Waals surface area contributed by atoms with E-state index in [0.717, 1.165) is 21.9 Å². The summed E-state index contributed by atoms with van der Waals surface area (Å²) in [5, 5.41) is 4.23. The first-order valence-corrected chi connectivity index (χ1v) is 6.58. The minimum Gasteiger partial charge on any atom is -0.332 e. The van der Waals surface area contributed by atoms with E-state index in [1.165, 1.54) is 4.70 Å². The second-order valence-corrected chi connectivity index (χ2v) is 5.05. The highest BCUT2D eigenvalue weighted by Gasteiger charge is 2.03. The number of nitrogens with zero attached hydrogens (tertiary/aromatic N) is 1. The summed E-state index contributed by atoms with van der Waals surface area (Å²) in [7, 11) is 0. The number of fused-ring (bicyclic) bond motifs is 1. The first-order chi connectivity index (χ1) is 8.85. The summed E-state index contributed by atoms with van der Waals surface area (Å²) in [6.45, 7) is 0.551. The van der Waals surface area contributed by atoms with E-state index in [4.69, 9.17) is 5.73 Å². The number of thiazole rings is 1. The van der Waals surface area contributed by atoms with Gasteiger partial charge >= 0.3 is 0 Å². The van der Waals surface area contributed by atoms with Crippen LogP contribution in [0.2, 0.25) is 0 Å². The molecule has 2 aromatic carbocycles. The van der Waals surface area contributed by atoms with Crippen molar-refractivity contribution in [2.24, 2.45) is 5.73 Å². The SMILES string of the molecule is NCc1cccc(Nc2nc3ccccc3s2)c1. The molecule has 0 saturated carbocycles. The molecule has 3 nitrogen and oxygen atoms in total. The maximum atomic E-state index is 5.63. The molecule has 90 valence electrons. The Hall–Kier alpha value is -1.91. The largest absolute Gasteiger partial charge is 0.332 e. The van der Waals surface area contributed by atoms with Crippen molar-refractivity contribution in [3.05, 3.63) is 54.1 Å². The van der Waals surface area contributed by atoms with Crippen molar-refractivity contribution in [2.75, 3.05) is 5.32 Å². The van der Waals surface area contributed by atoms with Gasteiger partial charge < -0.3 is 11.1 Å². The van der Waals surface area contributed by atoms with Crippen molar-refractivity contribution in [1.29, 1.82) is 0 Å². The van der Waals surface area contributed by atoms with E-state index < -0.39 is 0 Å². The van der Waals surface area contributed by atoms with E-state index in [1.807, 2.05) is 42.5 Å². The van der Waals surface area contributed by atoms with Crippen LogP contribution in [-0.2, 0) is 6.54 Å². The topological polar surface area (TPSA) is 50.9 Å². The van der Waals surface area contributed by atoms with E-state index in [0.29, 0.717) is 6.54 Å². The third-order valence-electron chi connectivity index (χ3n) is 2.71. The van der Waals surface area contributed by atoms with Crippen molar-refractivity contribution < 1.29 is 0 Å². The Labute approximate surface area is 109 Å². The second-order valence-electron chi connectivity index (χ2n) is 4.02. The molecule has 0 fully saturated rings. The Kier molecular flexibility index (Phi) is 2.96. The molecule has 0 saturated heterocycles. The van der Waals surface area contributed by atoms with Crippen LogP contribution in [0.25, 0.3) is 10.2 Å². The van der Waals surface area contributed by atoms with Gasteiger partial charge in [-0.2, -0.15) is 0 Å². The van der Waals surface area contributed by atoms with Gasteiger partial charge in [0, 0.05) is 12.2 Å². The van der Waals surface area contributed by atoms with Gasteiger partial charge in [0.2, 0.25) is 0 Å². The number of aromatic nitrogens is 1. The van der Waals surface area contributed by atoms with E-state index >= 15 is 0 Å². The average Bonchev–Trinajstić information content (AvgIpc) is 2.81. The van der Waals surface area contributed by atoms with Crippen LogP contribution in [0.1, 0.15) is 5.56 Å². The van der Waals surface area contributed by atoms with E-state index in [1.54, 1.807) is 11.3 Å². The van der Waals surface area contributed by atoms with Crippen molar-refractivity contribution in [3.63, 3.8) is 0 Å². The van der Waals surface area contributed by atoms with Gasteiger partial charge in [-0.25, -0.2) is 4.98 Å². The summed E-state index contributed by atoms with van der Waals surface area (Å²) in [4.78, 5) is 4.54. The first-order valence-electron chi connectivity index (χ1n) is 5.77. The lowest BCUT2D eigenvalue weighted by atomic mass is 10.2. The number of hydrogen-bond acceptors (Lipinski definition) is 4. The van der Waals surface area contributed by atoms with E-state index in [9.17, 15) is 0 Å². The van der Waals surface area contributed by atoms with Crippen LogP contribution in [0, 0.1) is 0 Å². The summed E-state index contributed by atoms with van der Waals surface area (Å²) in [5.74, 6) is 0. The predicted molar refractivity (Wildman–Crippen MR) is 77.2 cm³/mol. The lowest BCUT2D eigenvalue weighted by Gasteiger charge is -2.03. The van der Waals surface area contributed by atoms with Crippen molar-refractivity contribution >= 4 is 32.4 Å². The van der Waals surface area contributed by atoms with Crippen LogP contribution in [0.3, 0.4) is 0 Å². The van der Waals surface area contributed by atoms with Gasteiger partial charge in [-0.15, -0.1) is 0 Å². The smallest absolute Gasteiger partial charge is 0.188 e. The summed E-state index contributed by atoms with van der Waals surface area (Å²) < 4.78 is 1.19. The van der Waals surface area contributed by atoms with Gasteiger partial charge in [0.1, 0.15) is 0 Å². The fourth-order valence-electron chi connectivity index (χ4n) is 1.83. The maximum Gasteiger partial charge on any atom is 0.188 e. The molecule has 0 atom stereocenters. The predicted octanol–water partition coefficient (Wildman–Crippen LogP) is 3.50. The molecular formula is C14H13N3S. The normalized spacial score (nSPS) is 10.7. The molecule has 1 aromatic heterocycles. The molecule has 3 aromatic rings. The van der Waals surface area contributed by atoms with Gasteiger partial charge in [-0.3, -0.25) is 0 Å². The Morgan fingerprint density at radius 2 is 2.00 bits per heavy atom. The molecule has 0 unspecified atom stereocenters. The highest BCUT2D eigenvalue weighted by molar-refractivity contribution is 7.22. The number of rotatable bonds is 3. The lowest BCUT2D eigenvalue weighted by Crippen LogP contribution is -1.97. The molecule has 0 spiro atoms. The second kappa shape index (κ2) is 4.76. The molecule has 18 heavy (non-hydrogen) atoms. The monoisotopic (exact) mass is 255 g/mol. The molecule has 0 aliphatic carbocycles. The number of hydrogen-bond donors (Lipinski definition) is 2. The minimum atomic E-state index is 0.551. The molecule has 0 radical (unpaired) electrons. The number of benzene rings is 2. The van der Waals surface area contributed by atoms with Gasteiger partial charge in [-0.1, -0.05) is 35.6 Å². The van der Waals surface area contributed by atoms with Crippen LogP contribution in [0.5, 0.6) is 0 Å². The molecule has 0 bridgehead atoms. The Balaban J connectivity index is 1.91. The van der Waals surface area contributed by atoms with Crippen LogP contribution in [0.15, 0.2) is 48.5 Å². The molecule has 0 aliphatic heterocycles. The summed E-state index contributed by atoms with van der Waals surface area (Å²) in [5.41, 5.74) is 8.80. The van der Waals surface area contributed by atoms with Crippen molar-refractivity contribution in [2.45, 2.75) is 6.54 Å². The number of anilines is 2. The van der Waals surface area contributed by atoms with Gasteiger partial charge in [-0.05, 0) is 29.8 Å². The van der Waals surface area contributed by atoms with Crippen LogP contribution >= 0.6 is 11.3 Å². The zero-order valence-electron chi connectivity index (χ0n) is 9.76. The van der Waals surface area contributed by atoms with E-state index in [-0.39, 0.29) is 0 Å². The number of nitrogens with one attached hydrogen (secondary N) is 1. The van der Waals surface area contributed by atoms with Crippen LogP contribution in [0.4, 0.5) is 10.8 Å². The van der Waals surface area contributed by atoms with Crippen molar-refractivity contribution in [1.82, 2.24) is 4.98 Å². The zero-order chi connectivity index (χ0) is 12.4. The molecule has 3 N–H and O–H groups in total. The molecule has 4 heteroatoms. The Morgan fingerprint density at radius 1 is 1.11 bits per heavy atom. The third kappa shape index (κ3) is 2.20. The molecule has 1 heterocycles. The summed E-state index contributed by atoms with van der Waals surface area (Å²) in [6.07, 6.45) is 0. The van der Waals surface area contributed by atoms with Gasteiger partial charge in [0.25, 0.3) is 0 Å². The van der Waals surface area contributed by atoms with Gasteiger partial charge in [0.15, 0.2) is 5.13 Å². The average molecular weight is 255 g/mol. The van der Waals surface area contributed by atoms with Crippen LogP contribution < -0.4 is 11.1 Å². The number of nitrogens with two attached hydrogens (primary N) is 1. The molecule has 0 aliphatic rings. The molecule has 0 amide bonds.